The summed E-state index contributed by atoms with van der Waals surface area (Å²) in [5, 5.41) is 2.54. The van der Waals surface area contributed by atoms with E-state index in [1.54, 1.807) is 24.3 Å². The van der Waals surface area contributed by atoms with Crippen LogP contribution < -0.4 is 14.8 Å². The molecule has 3 amide bonds. The van der Waals surface area contributed by atoms with Gasteiger partial charge in [-0.05, 0) is 54.1 Å². The summed E-state index contributed by atoms with van der Waals surface area (Å²) in [4.78, 5) is 29.2. The van der Waals surface area contributed by atoms with Gasteiger partial charge in [0, 0.05) is 25.9 Å². The number of nitrogens with one attached hydrogen (secondary N) is 1. The highest BCUT2D eigenvalue weighted by Gasteiger charge is 2.30. The minimum atomic E-state index is -4.49. The summed E-state index contributed by atoms with van der Waals surface area (Å²) in [5.74, 6) is 1.36. The Kier molecular flexibility index (Phi) is 8.41. The van der Waals surface area contributed by atoms with Gasteiger partial charge in [0.15, 0.2) is 11.5 Å². The van der Waals surface area contributed by atoms with Gasteiger partial charge in [-0.3, -0.25) is 4.79 Å². The maximum absolute atomic E-state index is 13.4. The molecule has 0 atom stereocenters. The van der Waals surface area contributed by atoms with Crippen LogP contribution in [0.3, 0.4) is 0 Å². The first-order valence-electron chi connectivity index (χ1n) is 11.6. The fraction of sp³-hybridized carbons (Fsp3) is 0.308. The molecule has 1 aromatic heterocycles. The van der Waals surface area contributed by atoms with Crippen LogP contribution in [-0.2, 0) is 28.8 Å². The zero-order valence-corrected chi connectivity index (χ0v) is 20.5. The van der Waals surface area contributed by atoms with Crippen LogP contribution in [0.4, 0.5) is 23.7 Å². The average Bonchev–Trinajstić information content (AvgIpc) is 3.57. The third-order valence-electron chi connectivity index (χ3n) is 5.73. The van der Waals surface area contributed by atoms with E-state index in [-0.39, 0.29) is 51.2 Å². The summed E-state index contributed by atoms with van der Waals surface area (Å²) >= 11 is 0. The SMILES string of the molecule is COCCN(CC(=O)N(Cc1ccc2c(c1)OCO2)Cc1ccco1)C(=O)Nc1ccc(C(F)(F)F)cc1. The number of halogens is 3. The van der Waals surface area contributed by atoms with Crippen molar-refractivity contribution in [1.29, 1.82) is 0 Å². The zero-order valence-electron chi connectivity index (χ0n) is 20.5. The summed E-state index contributed by atoms with van der Waals surface area (Å²) in [7, 11) is 1.45. The molecule has 0 radical (unpaired) electrons. The average molecular weight is 534 g/mol. The second-order valence-electron chi connectivity index (χ2n) is 8.44. The van der Waals surface area contributed by atoms with Crippen molar-refractivity contribution in [3.8, 4) is 11.5 Å². The van der Waals surface area contributed by atoms with Crippen molar-refractivity contribution in [2.24, 2.45) is 0 Å². The molecule has 2 aromatic carbocycles. The highest BCUT2D eigenvalue weighted by Crippen LogP contribution is 2.33. The molecule has 0 unspecified atom stereocenters. The fourth-order valence-corrected chi connectivity index (χ4v) is 3.74. The first-order valence-corrected chi connectivity index (χ1v) is 11.6. The van der Waals surface area contributed by atoms with Gasteiger partial charge >= 0.3 is 12.2 Å². The lowest BCUT2D eigenvalue weighted by molar-refractivity contribution is -0.137. The molecule has 4 rings (SSSR count). The molecular formula is C26H26F3N3O6. The molecule has 202 valence electrons. The Labute approximate surface area is 216 Å². The Morgan fingerprint density at radius 3 is 2.45 bits per heavy atom. The Morgan fingerprint density at radius 1 is 1.00 bits per heavy atom. The number of carbonyl (C=O) groups excluding carboxylic acids is 2. The third-order valence-corrected chi connectivity index (χ3v) is 5.73. The van der Waals surface area contributed by atoms with Gasteiger partial charge in [-0.2, -0.15) is 13.2 Å². The minimum Gasteiger partial charge on any atom is -0.467 e. The number of carbonyl (C=O) groups is 2. The Hall–Kier alpha value is -4.19. The maximum atomic E-state index is 13.4. The number of benzene rings is 2. The van der Waals surface area contributed by atoms with Crippen LogP contribution >= 0.6 is 0 Å². The maximum Gasteiger partial charge on any atom is 0.416 e. The standard InChI is InChI=1S/C26H26F3N3O6/c1-35-12-10-31(25(34)30-20-7-5-19(6-8-20)26(27,28)29)16-24(33)32(15-21-3-2-11-36-21)14-18-4-9-22-23(13-18)38-17-37-22/h2-9,11,13H,10,12,14-17H2,1H3,(H,30,34). The molecule has 0 aliphatic carbocycles. The molecule has 0 bridgehead atoms. The molecule has 3 aromatic rings. The number of rotatable bonds is 10. The summed E-state index contributed by atoms with van der Waals surface area (Å²) in [6.07, 6.45) is -2.99. The number of furan rings is 1. The van der Waals surface area contributed by atoms with E-state index >= 15 is 0 Å². The molecule has 1 N–H and O–H groups in total. The van der Waals surface area contributed by atoms with Gasteiger partial charge in [-0.15, -0.1) is 0 Å². The Bertz CT molecular complexity index is 1230. The lowest BCUT2D eigenvalue weighted by Crippen LogP contribution is -2.45. The molecular weight excluding hydrogens is 507 g/mol. The van der Waals surface area contributed by atoms with E-state index in [1.165, 1.54) is 23.2 Å². The van der Waals surface area contributed by atoms with Crippen molar-refractivity contribution >= 4 is 17.6 Å². The molecule has 2 heterocycles. The van der Waals surface area contributed by atoms with Gasteiger partial charge < -0.3 is 33.7 Å². The highest BCUT2D eigenvalue weighted by molar-refractivity contribution is 5.92. The molecule has 0 spiro atoms. The summed E-state index contributed by atoms with van der Waals surface area (Å²) in [6.45, 7) is 0.395. The van der Waals surface area contributed by atoms with Crippen molar-refractivity contribution in [1.82, 2.24) is 9.80 Å². The number of alkyl halides is 3. The molecule has 0 fully saturated rings. The van der Waals surface area contributed by atoms with Crippen LogP contribution in [-0.4, -0.2) is 55.3 Å². The molecule has 0 saturated heterocycles. The molecule has 1 aliphatic rings. The summed E-state index contributed by atoms with van der Waals surface area (Å²) < 4.78 is 59.8. The van der Waals surface area contributed by atoms with E-state index in [1.807, 2.05) is 6.07 Å². The van der Waals surface area contributed by atoms with Crippen molar-refractivity contribution in [3.05, 3.63) is 77.7 Å². The lowest BCUT2D eigenvalue weighted by Gasteiger charge is -2.27. The molecule has 0 saturated carbocycles. The number of anilines is 1. The van der Waals surface area contributed by atoms with Crippen LogP contribution in [0.2, 0.25) is 0 Å². The smallest absolute Gasteiger partial charge is 0.416 e. The van der Waals surface area contributed by atoms with Gasteiger partial charge in [0.25, 0.3) is 0 Å². The van der Waals surface area contributed by atoms with Crippen LogP contribution in [0.25, 0.3) is 0 Å². The van der Waals surface area contributed by atoms with Gasteiger partial charge in [0.2, 0.25) is 12.7 Å². The summed E-state index contributed by atoms with van der Waals surface area (Å²) in [5.41, 5.74) is 0.108. The van der Waals surface area contributed by atoms with E-state index in [0.29, 0.717) is 17.3 Å². The van der Waals surface area contributed by atoms with Crippen LogP contribution in [0, 0.1) is 0 Å². The minimum absolute atomic E-state index is 0.0767. The topological polar surface area (TPSA) is 93.5 Å². The monoisotopic (exact) mass is 533 g/mol. The normalized spacial score (nSPS) is 12.3. The van der Waals surface area contributed by atoms with Crippen LogP contribution in [0.5, 0.6) is 11.5 Å². The highest BCUT2D eigenvalue weighted by atomic mass is 19.4. The number of hydrogen-bond donors (Lipinski definition) is 1. The molecule has 12 heteroatoms. The van der Waals surface area contributed by atoms with E-state index in [9.17, 15) is 22.8 Å². The van der Waals surface area contributed by atoms with Gasteiger partial charge in [-0.1, -0.05) is 6.07 Å². The van der Waals surface area contributed by atoms with Crippen molar-refractivity contribution in [2.75, 3.05) is 38.9 Å². The zero-order chi connectivity index (χ0) is 27.1. The van der Waals surface area contributed by atoms with Crippen molar-refractivity contribution in [2.45, 2.75) is 19.3 Å². The Morgan fingerprint density at radius 2 is 1.76 bits per heavy atom. The first kappa shape index (κ1) is 26.9. The number of amides is 3. The molecule has 38 heavy (non-hydrogen) atoms. The number of methoxy groups -OCH3 is 1. The predicted molar refractivity (Wildman–Crippen MR) is 129 cm³/mol. The molecule has 9 nitrogen and oxygen atoms in total. The Balaban J connectivity index is 1.48. The number of nitrogens with zero attached hydrogens (tertiary/aromatic N) is 2. The number of urea groups is 1. The lowest BCUT2D eigenvalue weighted by atomic mass is 10.2. The molecule has 1 aliphatic heterocycles. The van der Waals surface area contributed by atoms with Gasteiger partial charge in [-0.25, -0.2) is 4.79 Å². The van der Waals surface area contributed by atoms with E-state index in [0.717, 1.165) is 29.8 Å². The van der Waals surface area contributed by atoms with Gasteiger partial charge in [0.05, 0.1) is 25.0 Å². The number of hydrogen-bond acceptors (Lipinski definition) is 6. The van der Waals surface area contributed by atoms with Crippen LogP contribution in [0.1, 0.15) is 16.9 Å². The van der Waals surface area contributed by atoms with E-state index < -0.39 is 17.8 Å². The number of ether oxygens (including phenoxy) is 3. The van der Waals surface area contributed by atoms with E-state index in [2.05, 4.69) is 5.32 Å². The van der Waals surface area contributed by atoms with Crippen molar-refractivity contribution in [3.63, 3.8) is 0 Å². The largest absolute Gasteiger partial charge is 0.467 e. The number of fused-ring (bicyclic) bond motifs is 1. The predicted octanol–water partition coefficient (Wildman–Crippen LogP) is 4.74. The fourth-order valence-electron chi connectivity index (χ4n) is 3.74. The first-order chi connectivity index (χ1) is 18.2. The van der Waals surface area contributed by atoms with E-state index in [4.69, 9.17) is 18.6 Å². The van der Waals surface area contributed by atoms with Gasteiger partial charge in [0.1, 0.15) is 12.3 Å². The van der Waals surface area contributed by atoms with Crippen molar-refractivity contribution < 1.29 is 41.4 Å². The second-order valence-corrected chi connectivity index (χ2v) is 8.44. The van der Waals surface area contributed by atoms with Crippen LogP contribution in [0.15, 0.2) is 65.3 Å². The second kappa shape index (κ2) is 11.9. The third kappa shape index (κ3) is 6.97. The summed E-state index contributed by atoms with van der Waals surface area (Å²) in [6, 6.07) is 12.2. The quantitative estimate of drug-likeness (QED) is 0.405.